The van der Waals surface area contributed by atoms with Crippen LogP contribution in [0.4, 0.5) is 11.4 Å². The van der Waals surface area contributed by atoms with E-state index in [2.05, 4.69) is 10.6 Å². The van der Waals surface area contributed by atoms with E-state index in [0.29, 0.717) is 26.9 Å². The second-order valence-corrected chi connectivity index (χ2v) is 7.50. The molecule has 3 rings (SSSR count). The van der Waals surface area contributed by atoms with Gasteiger partial charge in [-0.25, -0.2) is 0 Å². The third-order valence-electron chi connectivity index (χ3n) is 4.04. The fourth-order valence-electron chi connectivity index (χ4n) is 2.59. The molecule has 10 heteroatoms. The van der Waals surface area contributed by atoms with E-state index in [0.717, 1.165) is 0 Å². The van der Waals surface area contributed by atoms with Crippen molar-refractivity contribution in [1.29, 1.82) is 0 Å². The number of carbonyl (C=O) groups is 2. The highest BCUT2D eigenvalue weighted by Crippen LogP contribution is 2.27. The lowest BCUT2D eigenvalue weighted by Crippen LogP contribution is -2.30. The number of nitro benzene ring substituents is 1. The molecule has 0 fully saturated rings. The van der Waals surface area contributed by atoms with E-state index in [1.807, 2.05) is 0 Å². The normalized spacial score (nSPS) is 11.0. The van der Waals surface area contributed by atoms with Crippen LogP contribution in [0, 0.1) is 10.1 Å². The second kappa shape index (κ2) is 9.88. The number of carbonyl (C=O) groups excluding carboxylic acids is 2. The molecule has 0 aliphatic rings. The Morgan fingerprint density at radius 3 is 2.61 bits per heavy atom. The summed E-state index contributed by atoms with van der Waals surface area (Å²) in [6, 6.07) is 13.7. The number of amides is 2. The Bertz CT molecular complexity index is 1160. The van der Waals surface area contributed by atoms with E-state index in [-0.39, 0.29) is 11.4 Å². The van der Waals surface area contributed by atoms with Gasteiger partial charge < -0.3 is 15.4 Å². The summed E-state index contributed by atoms with van der Waals surface area (Å²) in [6.45, 7) is 0. The SMILES string of the molecule is COc1ccc(NC(=O)/C(=C/c2cccc([N+](=O)[O-])c2)NC(=O)c2cccs2)cc1Cl. The molecule has 0 radical (unpaired) electrons. The van der Waals surface area contributed by atoms with Crippen molar-refractivity contribution >= 4 is 52.2 Å². The second-order valence-electron chi connectivity index (χ2n) is 6.14. The van der Waals surface area contributed by atoms with Crippen LogP contribution in [0.5, 0.6) is 5.75 Å². The highest BCUT2D eigenvalue weighted by atomic mass is 35.5. The number of hydrogen-bond donors (Lipinski definition) is 2. The van der Waals surface area contributed by atoms with Crippen LogP contribution in [-0.2, 0) is 4.79 Å². The van der Waals surface area contributed by atoms with Crippen molar-refractivity contribution in [3.63, 3.8) is 0 Å². The van der Waals surface area contributed by atoms with Gasteiger partial charge in [-0.1, -0.05) is 29.8 Å². The molecular formula is C21H16ClN3O5S. The van der Waals surface area contributed by atoms with E-state index in [1.54, 1.807) is 35.7 Å². The number of anilines is 1. The monoisotopic (exact) mass is 457 g/mol. The molecule has 2 aromatic carbocycles. The molecule has 158 valence electrons. The Kier molecular flexibility index (Phi) is 7.01. The lowest BCUT2D eigenvalue weighted by molar-refractivity contribution is -0.384. The van der Waals surface area contributed by atoms with Crippen LogP contribution in [-0.4, -0.2) is 23.8 Å². The average Bonchev–Trinajstić information content (AvgIpc) is 3.28. The van der Waals surface area contributed by atoms with Gasteiger partial charge in [0.1, 0.15) is 11.4 Å². The maximum atomic E-state index is 12.9. The first kappa shape index (κ1) is 22.0. The molecule has 0 saturated carbocycles. The molecule has 2 N–H and O–H groups in total. The van der Waals surface area contributed by atoms with Crippen molar-refractivity contribution in [3.05, 3.63) is 91.3 Å². The van der Waals surface area contributed by atoms with Gasteiger partial charge in [0.05, 0.1) is 21.9 Å². The van der Waals surface area contributed by atoms with Crippen molar-refractivity contribution in [2.24, 2.45) is 0 Å². The fourth-order valence-corrected chi connectivity index (χ4v) is 3.46. The highest BCUT2D eigenvalue weighted by Gasteiger charge is 2.17. The Morgan fingerprint density at radius 2 is 1.97 bits per heavy atom. The van der Waals surface area contributed by atoms with E-state index >= 15 is 0 Å². The molecule has 8 nitrogen and oxygen atoms in total. The van der Waals surface area contributed by atoms with Crippen LogP contribution < -0.4 is 15.4 Å². The van der Waals surface area contributed by atoms with Crippen molar-refractivity contribution in [1.82, 2.24) is 5.32 Å². The van der Waals surface area contributed by atoms with Gasteiger partial charge in [0.2, 0.25) is 0 Å². The largest absolute Gasteiger partial charge is 0.495 e. The minimum Gasteiger partial charge on any atom is -0.495 e. The number of hydrogen-bond acceptors (Lipinski definition) is 6. The number of nitrogens with one attached hydrogen (secondary N) is 2. The molecule has 0 atom stereocenters. The van der Waals surface area contributed by atoms with E-state index in [1.165, 1.54) is 48.8 Å². The lowest BCUT2D eigenvalue weighted by atomic mass is 10.1. The number of ether oxygens (including phenoxy) is 1. The van der Waals surface area contributed by atoms with Crippen LogP contribution in [0.2, 0.25) is 5.02 Å². The molecule has 1 heterocycles. The first-order chi connectivity index (χ1) is 14.9. The smallest absolute Gasteiger partial charge is 0.272 e. The number of thiophene rings is 1. The molecule has 1 aromatic heterocycles. The van der Waals surface area contributed by atoms with E-state index < -0.39 is 16.7 Å². The molecule has 31 heavy (non-hydrogen) atoms. The quantitative estimate of drug-likeness (QED) is 0.303. The zero-order chi connectivity index (χ0) is 22.4. The van der Waals surface area contributed by atoms with Gasteiger partial charge in [-0.2, -0.15) is 0 Å². The number of methoxy groups -OCH3 is 1. The minimum absolute atomic E-state index is 0.0918. The summed E-state index contributed by atoms with van der Waals surface area (Å²) < 4.78 is 5.09. The first-order valence-corrected chi connectivity index (χ1v) is 10.1. The fraction of sp³-hybridized carbons (Fsp3) is 0.0476. The van der Waals surface area contributed by atoms with Gasteiger partial charge in [-0.3, -0.25) is 19.7 Å². The van der Waals surface area contributed by atoms with Crippen molar-refractivity contribution in [2.45, 2.75) is 0 Å². The molecular weight excluding hydrogens is 442 g/mol. The zero-order valence-electron chi connectivity index (χ0n) is 16.1. The predicted octanol–water partition coefficient (Wildman–Crippen LogP) is 4.73. The lowest BCUT2D eigenvalue weighted by Gasteiger charge is -2.12. The Hall–Kier alpha value is -3.69. The van der Waals surface area contributed by atoms with Gasteiger partial charge in [-0.05, 0) is 41.3 Å². The summed E-state index contributed by atoms with van der Waals surface area (Å²) >= 11 is 7.31. The standard InChI is InChI=1S/C21H16ClN3O5S/c1-30-18-8-7-14(12-16(18)22)23-20(26)17(24-21(27)19-6-3-9-31-19)11-13-4-2-5-15(10-13)25(28)29/h2-12H,1H3,(H,23,26)(H,24,27)/b17-11-. The third-order valence-corrected chi connectivity index (χ3v) is 5.20. The predicted molar refractivity (Wildman–Crippen MR) is 119 cm³/mol. The number of halogens is 1. The zero-order valence-corrected chi connectivity index (χ0v) is 17.7. The number of nitro groups is 1. The van der Waals surface area contributed by atoms with E-state index in [4.69, 9.17) is 16.3 Å². The number of benzene rings is 2. The number of nitrogens with zero attached hydrogens (tertiary/aromatic N) is 1. The van der Waals surface area contributed by atoms with Crippen molar-refractivity contribution in [3.8, 4) is 5.75 Å². The van der Waals surface area contributed by atoms with Gasteiger partial charge in [0.15, 0.2) is 0 Å². The number of rotatable bonds is 7. The van der Waals surface area contributed by atoms with E-state index in [9.17, 15) is 19.7 Å². The molecule has 0 spiro atoms. The van der Waals surface area contributed by atoms with Gasteiger partial charge in [-0.15, -0.1) is 11.3 Å². The van der Waals surface area contributed by atoms with Gasteiger partial charge in [0, 0.05) is 17.8 Å². The average molecular weight is 458 g/mol. The Labute approximate surface area is 186 Å². The molecule has 3 aromatic rings. The molecule has 0 bridgehead atoms. The summed E-state index contributed by atoms with van der Waals surface area (Å²) in [5.74, 6) is -0.662. The van der Waals surface area contributed by atoms with Gasteiger partial charge >= 0.3 is 0 Å². The first-order valence-electron chi connectivity index (χ1n) is 8.83. The Morgan fingerprint density at radius 1 is 1.16 bits per heavy atom. The van der Waals surface area contributed by atoms with Crippen LogP contribution in [0.1, 0.15) is 15.2 Å². The summed E-state index contributed by atoms with van der Waals surface area (Å²) in [5, 5.41) is 18.3. The van der Waals surface area contributed by atoms with Crippen LogP contribution >= 0.6 is 22.9 Å². The Balaban J connectivity index is 1.91. The van der Waals surface area contributed by atoms with Crippen LogP contribution in [0.25, 0.3) is 6.08 Å². The topological polar surface area (TPSA) is 111 Å². The minimum atomic E-state index is -0.627. The maximum Gasteiger partial charge on any atom is 0.272 e. The molecule has 0 aliphatic carbocycles. The highest BCUT2D eigenvalue weighted by molar-refractivity contribution is 7.12. The summed E-state index contributed by atoms with van der Waals surface area (Å²) in [7, 11) is 1.47. The summed E-state index contributed by atoms with van der Waals surface area (Å²) in [4.78, 5) is 36.3. The molecule has 0 aliphatic heterocycles. The third kappa shape index (κ3) is 5.68. The van der Waals surface area contributed by atoms with Crippen molar-refractivity contribution in [2.75, 3.05) is 12.4 Å². The van der Waals surface area contributed by atoms with Crippen molar-refractivity contribution < 1.29 is 19.2 Å². The molecule has 0 unspecified atom stereocenters. The summed E-state index contributed by atoms with van der Waals surface area (Å²) in [6.07, 6.45) is 1.36. The molecule has 0 saturated heterocycles. The number of non-ortho nitro benzene ring substituents is 1. The molecule has 2 amide bonds. The summed E-state index contributed by atoms with van der Waals surface area (Å²) in [5.41, 5.74) is 0.524. The van der Waals surface area contributed by atoms with Gasteiger partial charge in [0.25, 0.3) is 17.5 Å². The maximum absolute atomic E-state index is 12.9. The van der Waals surface area contributed by atoms with Crippen LogP contribution in [0.3, 0.4) is 0 Å². The van der Waals surface area contributed by atoms with Crippen LogP contribution in [0.15, 0.2) is 65.7 Å².